The van der Waals surface area contributed by atoms with E-state index in [1.54, 1.807) is 0 Å². The molecular weight excluding hydrogens is 238 g/mol. The molecule has 1 fully saturated rings. The van der Waals surface area contributed by atoms with Crippen molar-refractivity contribution in [3.05, 3.63) is 11.1 Å². The van der Waals surface area contributed by atoms with Crippen LogP contribution in [0.4, 0.5) is 0 Å². The second kappa shape index (κ2) is 4.15. The van der Waals surface area contributed by atoms with Crippen LogP contribution in [0.5, 0.6) is 0 Å². The molecule has 1 saturated heterocycles. The van der Waals surface area contributed by atoms with Gasteiger partial charge in [0.25, 0.3) is 5.91 Å². The van der Waals surface area contributed by atoms with E-state index in [0.29, 0.717) is 11.6 Å². The van der Waals surface area contributed by atoms with Crippen LogP contribution >= 0.6 is 23.3 Å². The van der Waals surface area contributed by atoms with Crippen LogP contribution in [-0.2, 0) is 4.79 Å². The van der Waals surface area contributed by atoms with Crippen molar-refractivity contribution in [3.8, 4) is 0 Å². The Morgan fingerprint density at radius 3 is 3.00 bits per heavy atom. The summed E-state index contributed by atoms with van der Waals surface area (Å²) in [6.45, 7) is 0. The number of hydrogen-bond donors (Lipinski definition) is 1. The summed E-state index contributed by atoms with van der Waals surface area (Å²) in [6, 6.07) is -0.746. The Bertz CT molecular complexity index is 381. The Balaban J connectivity index is 2.17. The van der Waals surface area contributed by atoms with Crippen LogP contribution in [0.25, 0.3) is 0 Å². The van der Waals surface area contributed by atoms with Gasteiger partial charge < -0.3 is 10.0 Å². The fourth-order valence-electron chi connectivity index (χ4n) is 1.25. The van der Waals surface area contributed by atoms with E-state index in [1.165, 1.54) is 22.0 Å². The number of carboxylic acids is 1. The number of carbonyl (C=O) groups is 2. The molecule has 1 aliphatic rings. The highest BCUT2D eigenvalue weighted by atomic mass is 32.2. The molecule has 1 aromatic heterocycles. The van der Waals surface area contributed by atoms with Gasteiger partial charge in [-0.3, -0.25) is 4.79 Å². The summed E-state index contributed by atoms with van der Waals surface area (Å²) in [7, 11) is 0. The first kappa shape index (κ1) is 10.4. The first-order valence-electron chi connectivity index (χ1n) is 4.08. The topological polar surface area (TPSA) is 83.4 Å². The quantitative estimate of drug-likeness (QED) is 0.797. The van der Waals surface area contributed by atoms with Gasteiger partial charge in [-0.15, -0.1) is 16.9 Å². The highest BCUT2D eigenvalue weighted by Gasteiger charge is 2.35. The maximum Gasteiger partial charge on any atom is 0.327 e. The van der Waals surface area contributed by atoms with Gasteiger partial charge in [0.05, 0.1) is 5.88 Å². The highest BCUT2D eigenvalue weighted by molar-refractivity contribution is 7.99. The third-order valence-corrected chi connectivity index (χ3v) is 3.52. The lowest BCUT2D eigenvalue weighted by atomic mass is 10.3. The van der Waals surface area contributed by atoms with E-state index in [4.69, 9.17) is 5.11 Å². The van der Waals surface area contributed by atoms with Gasteiger partial charge in [0, 0.05) is 11.1 Å². The zero-order valence-electron chi connectivity index (χ0n) is 7.49. The number of aromatic nitrogens is 2. The Kier molecular flexibility index (Phi) is 2.87. The third kappa shape index (κ3) is 1.95. The smallest absolute Gasteiger partial charge is 0.327 e. The van der Waals surface area contributed by atoms with Crippen LogP contribution in [-0.4, -0.2) is 49.1 Å². The molecular formula is C7H7N3O3S2. The van der Waals surface area contributed by atoms with Gasteiger partial charge >= 0.3 is 5.97 Å². The molecule has 0 saturated carbocycles. The number of nitrogens with zero attached hydrogens (tertiary/aromatic N) is 3. The van der Waals surface area contributed by atoms with Crippen molar-refractivity contribution in [2.45, 2.75) is 6.04 Å². The lowest BCUT2D eigenvalue weighted by Gasteiger charge is -2.18. The monoisotopic (exact) mass is 245 g/mol. The average Bonchev–Trinajstić information content (AvgIpc) is 2.88. The standard InChI is InChI=1S/C7H7N3O3S2/c11-6(4-1-15-9-8-4)10-3-14-2-5(10)7(12)13/h1,5H,2-3H2,(H,12,13)/t5-/m0/s1. The summed E-state index contributed by atoms with van der Waals surface area (Å²) in [4.78, 5) is 23.9. The van der Waals surface area contributed by atoms with Gasteiger partial charge in [-0.2, -0.15) is 0 Å². The highest BCUT2D eigenvalue weighted by Crippen LogP contribution is 2.22. The average molecular weight is 245 g/mol. The van der Waals surface area contributed by atoms with Crippen molar-refractivity contribution in [3.63, 3.8) is 0 Å². The summed E-state index contributed by atoms with van der Waals surface area (Å²) in [5.41, 5.74) is 0.216. The Hall–Kier alpha value is -1.15. The second-order valence-corrected chi connectivity index (χ2v) is 4.53. The molecule has 6 nitrogen and oxygen atoms in total. The number of hydrogen-bond acceptors (Lipinski definition) is 6. The Morgan fingerprint density at radius 2 is 2.40 bits per heavy atom. The fraction of sp³-hybridized carbons (Fsp3) is 0.429. The number of carbonyl (C=O) groups excluding carboxylic acids is 1. The van der Waals surface area contributed by atoms with Crippen LogP contribution in [0.15, 0.2) is 5.38 Å². The van der Waals surface area contributed by atoms with Gasteiger partial charge in [0.1, 0.15) is 6.04 Å². The van der Waals surface area contributed by atoms with Crippen molar-refractivity contribution < 1.29 is 14.7 Å². The fourth-order valence-corrected chi connectivity index (χ4v) is 2.83. The molecule has 1 atom stereocenters. The van der Waals surface area contributed by atoms with E-state index >= 15 is 0 Å². The molecule has 8 heteroatoms. The van der Waals surface area contributed by atoms with Crippen LogP contribution in [0.2, 0.25) is 0 Å². The maximum atomic E-state index is 11.8. The molecule has 2 heterocycles. The normalized spacial score (nSPS) is 20.5. The van der Waals surface area contributed by atoms with Gasteiger partial charge in [0.15, 0.2) is 5.69 Å². The summed E-state index contributed by atoms with van der Waals surface area (Å²) < 4.78 is 3.57. The van der Waals surface area contributed by atoms with Gasteiger partial charge in [-0.25, -0.2) is 4.79 Å². The molecule has 0 unspecified atom stereocenters. The van der Waals surface area contributed by atoms with Crippen LogP contribution in [0.1, 0.15) is 10.5 Å². The molecule has 0 spiro atoms. The predicted molar refractivity (Wildman–Crippen MR) is 54.8 cm³/mol. The van der Waals surface area contributed by atoms with E-state index in [0.717, 1.165) is 11.5 Å². The van der Waals surface area contributed by atoms with Crippen molar-refractivity contribution in [1.82, 2.24) is 14.5 Å². The number of carboxylic acid groups (broad SMARTS) is 1. The molecule has 1 aliphatic heterocycles. The molecule has 80 valence electrons. The van der Waals surface area contributed by atoms with Crippen molar-refractivity contribution >= 4 is 35.2 Å². The third-order valence-electron chi connectivity index (χ3n) is 2.01. The lowest BCUT2D eigenvalue weighted by Crippen LogP contribution is -2.41. The van der Waals surface area contributed by atoms with Crippen LogP contribution < -0.4 is 0 Å². The van der Waals surface area contributed by atoms with Gasteiger partial charge in [-0.05, 0) is 11.5 Å². The van der Waals surface area contributed by atoms with Crippen molar-refractivity contribution in [2.24, 2.45) is 0 Å². The molecule has 1 N–H and O–H groups in total. The molecule has 2 rings (SSSR count). The second-order valence-electron chi connectivity index (χ2n) is 2.92. The summed E-state index contributed by atoms with van der Waals surface area (Å²) in [6.07, 6.45) is 0. The first-order chi connectivity index (χ1) is 7.20. The zero-order chi connectivity index (χ0) is 10.8. The summed E-state index contributed by atoms with van der Waals surface area (Å²) in [5.74, 6) is -0.510. The van der Waals surface area contributed by atoms with Gasteiger partial charge in [-0.1, -0.05) is 4.49 Å². The molecule has 0 aromatic carbocycles. The molecule has 0 bridgehead atoms. The molecule has 0 radical (unpaired) electrons. The largest absolute Gasteiger partial charge is 0.480 e. The van der Waals surface area contributed by atoms with E-state index in [9.17, 15) is 9.59 Å². The minimum atomic E-state index is -0.975. The van der Waals surface area contributed by atoms with E-state index in [1.807, 2.05) is 0 Å². The molecule has 15 heavy (non-hydrogen) atoms. The number of thioether (sulfide) groups is 1. The molecule has 1 aromatic rings. The first-order valence-corrected chi connectivity index (χ1v) is 6.08. The van der Waals surface area contributed by atoms with Crippen LogP contribution in [0.3, 0.4) is 0 Å². The van der Waals surface area contributed by atoms with E-state index < -0.39 is 12.0 Å². The number of amides is 1. The lowest BCUT2D eigenvalue weighted by molar-refractivity contribution is -0.140. The predicted octanol–water partition coefficient (Wildman–Crippen LogP) is 0.138. The van der Waals surface area contributed by atoms with Crippen molar-refractivity contribution in [1.29, 1.82) is 0 Å². The minimum Gasteiger partial charge on any atom is -0.480 e. The minimum absolute atomic E-state index is 0.216. The van der Waals surface area contributed by atoms with Crippen molar-refractivity contribution in [2.75, 3.05) is 11.6 Å². The summed E-state index contributed by atoms with van der Waals surface area (Å²) >= 11 is 2.50. The zero-order valence-corrected chi connectivity index (χ0v) is 9.12. The Labute approximate surface area is 93.4 Å². The number of rotatable bonds is 2. The SMILES string of the molecule is O=C(O)[C@@H]1CSCN1C(=O)c1csnn1. The maximum absolute atomic E-state index is 11.8. The Morgan fingerprint density at radius 1 is 1.60 bits per heavy atom. The number of aliphatic carboxylic acids is 1. The van der Waals surface area contributed by atoms with E-state index in [-0.39, 0.29) is 11.6 Å². The molecule has 0 aliphatic carbocycles. The van der Waals surface area contributed by atoms with Gasteiger partial charge in [0.2, 0.25) is 0 Å². The molecule has 1 amide bonds. The van der Waals surface area contributed by atoms with Crippen LogP contribution in [0, 0.1) is 0 Å². The van der Waals surface area contributed by atoms with E-state index in [2.05, 4.69) is 9.59 Å². The summed E-state index contributed by atoms with van der Waals surface area (Å²) in [5, 5.41) is 14.0.